The maximum Gasteiger partial charge on any atom is 0.276 e. The van der Waals surface area contributed by atoms with Crippen molar-refractivity contribution in [3.8, 4) is 11.8 Å². The maximum absolute atomic E-state index is 12.4. The van der Waals surface area contributed by atoms with E-state index < -0.39 is 10.0 Å². The number of rotatable bonds is 8. The first kappa shape index (κ1) is 23.2. The third-order valence-electron chi connectivity index (χ3n) is 3.65. The van der Waals surface area contributed by atoms with Crippen LogP contribution < -0.4 is 14.3 Å². The lowest BCUT2D eigenvalue weighted by Crippen LogP contribution is -2.27. The number of hydrogen-bond donors (Lipinski definition) is 1. The topological polar surface area (TPSA) is 103 Å². The summed E-state index contributed by atoms with van der Waals surface area (Å²) in [5.41, 5.74) is -0.269. The van der Waals surface area contributed by atoms with E-state index in [1.165, 1.54) is 44.3 Å². The molecule has 1 aromatic heterocycles. The van der Waals surface area contributed by atoms with Crippen molar-refractivity contribution >= 4 is 39.6 Å². The average molecular weight is 459 g/mol. The molecule has 1 atom stereocenters. The van der Waals surface area contributed by atoms with Gasteiger partial charge >= 0.3 is 0 Å². The van der Waals surface area contributed by atoms with Gasteiger partial charge in [0, 0.05) is 11.2 Å². The molecular formula is C18H23ClN4O4S2. The Morgan fingerprint density at radius 1 is 1.17 bits per heavy atom. The van der Waals surface area contributed by atoms with Crippen molar-refractivity contribution in [1.82, 2.24) is 14.8 Å². The van der Waals surface area contributed by atoms with E-state index in [4.69, 9.17) is 21.1 Å². The fraction of sp³-hybridized carbons (Fsp3) is 0.389. The number of nitrogens with zero attached hydrogens (tertiary/aromatic N) is 3. The highest BCUT2D eigenvalue weighted by atomic mass is 35.5. The summed E-state index contributed by atoms with van der Waals surface area (Å²) >= 11 is 7.18. The highest BCUT2D eigenvalue weighted by Crippen LogP contribution is 2.34. The molecule has 11 heteroatoms. The van der Waals surface area contributed by atoms with E-state index in [2.05, 4.69) is 19.9 Å². The second-order valence-corrected chi connectivity index (χ2v) is 10.2. The second-order valence-electron chi connectivity index (χ2n) is 6.97. The zero-order chi connectivity index (χ0) is 21.7. The fourth-order valence-corrected chi connectivity index (χ4v) is 4.13. The molecule has 0 aliphatic heterocycles. The van der Waals surface area contributed by atoms with Crippen LogP contribution in [0.5, 0.6) is 11.8 Å². The van der Waals surface area contributed by atoms with Gasteiger partial charge in [-0.15, -0.1) is 0 Å². The number of halogens is 1. The highest BCUT2D eigenvalue weighted by Gasteiger charge is 2.26. The lowest BCUT2D eigenvalue weighted by molar-refractivity contribution is 0.364. The van der Waals surface area contributed by atoms with Crippen molar-refractivity contribution in [2.24, 2.45) is 10.5 Å². The minimum absolute atomic E-state index is 0.0305. The molecule has 2 rings (SSSR count). The van der Waals surface area contributed by atoms with Crippen LogP contribution in [0.15, 0.2) is 45.5 Å². The molecule has 0 aliphatic rings. The standard InChI is InChI=1S/C18H23ClN4O4S2/c1-18(2,3)14(28-17-21-15(26-4)10-16(22-17)27-5)11-20-23-29(24,25)13-8-6-7-12(19)9-13/h6-11,14,23H,1-5H3/b20-11+. The quantitative estimate of drug-likeness (QED) is 0.279. The molecule has 1 aromatic carbocycles. The summed E-state index contributed by atoms with van der Waals surface area (Å²) in [5.74, 6) is 0.733. The van der Waals surface area contributed by atoms with Crippen LogP contribution in [0.3, 0.4) is 0 Å². The molecule has 1 unspecified atom stereocenters. The Morgan fingerprint density at radius 3 is 2.31 bits per heavy atom. The van der Waals surface area contributed by atoms with Gasteiger partial charge in [0.05, 0.1) is 30.4 Å². The van der Waals surface area contributed by atoms with E-state index in [1.54, 1.807) is 18.2 Å². The van der Waals surface area contributed by atoms with Crippen LogP contribution in [0.1, 0.15) is 20.8 Å². The van der Waals surface area contributed by atoms with Crippen LogP contribution in [0.2, 0.25) is 5.02 Å². The predicted molar refractivity (Wildman–Crippen MR) is 115 cm³/mol. The molecule has 0 saturated carbocycles. The fourth-order valence-electron chi connectivity index (χ4n) is 2.04. The third kappa shape index (κ3) is 6.76. The normalized spacial score (nSPS) is 13.3. The Morgan fingerprint density at radius 2 is 1.79 bits per heavy atom. The molecule has 0 bridgehead atoms. The summed E-state index contributed by atoms with van der Waals surface area (Å²) in [6.45, 7) is 6.00. The van der Waals surface area contributed by atoms with E-state index in [9.17, 15) is 8.42 Å². The number of methoxy groups -OCH3 is 2. The Hall–Kier alpha value is -2.04. The molecule has 8 nitrogen and oxygen atoms in total. The summed E-state index contributed by atoms with van der Waals surface area (Å²) in [5, 5.41) is 4.45. The molecule has 158 valence electrons. The number of hydrogen-bond acceptors (Lipinski definition) is 8. The van der Waals surface area contributed by atoms with Gasteiger partial charge < -0.3 is 9.47 Å². The smallest absolute Gasteiger partial charge is 0.276 e. The summed E-state index contributed by atoms with van der Waals surface area (Å²) in [6, 6.07) is 7.52. The summed E-state index contributed by atoms with van der Waals surface area (Å²) in [6.07, 6.45) is 1.52. The highest BCUT2D eigenvalue weighted by molar-refractivity contribution is 8.00. The molecule has 0 spiro atoms. The Bertz CT molecular complexity index is 956. The van der Waals surface area contributed by atoms with Crippen LogP contribution in [-0.4, -0.2) is 44.1 Å². The minimum atomic E-state index is -3.83. The molecule has 0 amide bonds. The summed E-state index contributed by atoms with van der Waals surface area (Å²) < 4.78 is 35.1. The number of benzene rings is 1. The van der Waals surface area contributed by atoms with Gasteiger partial charge in [0.15, 0.2) is 5.16 Å². The predicted octanol–water partition coefficient (Wildman–Crippen LogP) is 3.62. The second kappa shape index (κ2) is 9.64. The first-order valence-corrected chi connectivity index (χ1v) is 11.2. The number of aromatic nitrogens is 2. The number of ether oxygens (including phenoxy) is 2. The molecule has 2 aromatic rings. The number of thioether (sulfide) groups is 1. The zero-order valence-electron chi connectivity index (χ0n) is 16.7. The van der Waals surface area contributed by atoms with Crippen molar-refractivity contribution in [3.63, 3.8) is 0 Å². The lowest BCUT2D eigenvalue weighted by Gasteiger charge is -2.26. The number of sulfonamides is 1. The van der Waals surface area contributed by atoms with Crippen molar-refractivity contribution < 1.29 is 17.9 Å². The van der Waals surface area contributed by atoms with Gasteiger partial charge in [-0.1, -0.05) is 50.2 Å². The Balaban J connectivity index is 2.21. The van der Waals surface area contributed by atoms with Crippen molar-refractivity contribution in [1.29, 1.82) is 0 Å². The Labute approximate surface area is 180 Å². The molecule has 1 N–H and O–H groups in total. The molecule has 1 heterocycles. The molecule has 0 saturated heterocycles. The largest absolute Gasteiger partial charge is 0.481 e. The van der Waals surface area contributed by atoms with Crippen LogP contribution in [0, 0.1) is 5.41 Å². The Kier molecular flexibility index (Phi) is 7.73. The van der Waals surface area contributed by atoms with Crippen LogP contribution >= 0.6 is 23.4 Å². The molecule has 0 fully saturated rings. The average Bonchev–Trinajstić information content (AvgIpc) is 2.66. The molecule has 29 heavy (non-hydrogen) atoms. The van der Waals surface area contributed by atoms with Crippen molar-refractivity contribution in [2.75, 3.05) is 14.2 Å². The minimum Gasteiger partial charge on any atom is -0.481 e. The van der Waals surface area contributed by atoms with Gasteiger partial charge in [0.1, 0.15) is 0 Å². The van der Waals surface area contributed by atoms with Crippen molar-refractivity contribution in [2.45, 2.75) is 36.1 Å². The van der Waals surface area contributed by atoms with E-state index >= 15 is 0 Å². The molecule has 0 aliphatic carbocycles. The molecular weight excluding hydrogens is 436 g/mol. The van der Waals surface area contributed by atoms with Gasteiger partial charge in [-0.3, -0.25) is 0 Å². The number of nitrogens with one attached hydrogen (secondary N) is 1. The van der Waals surface area contributed by atoms with Crippen LogP contribution in [0.25, 0.3) is 0 Å². The van der Waals surface area contributed by atoms with Gasteiger partial charge in [-0.05, 0) is 23.6 Å². The molecule has 0 radical (unpaired) electrons. The van der Waals surface area contributed by atoms with E-state index in [1.807, 2.05) is 20.8 Å². The summed E-state index contributed by atoms with van der Waals surface area (Å²) in [4.78, 5) is 10.8. The van der Waals surface area contributed by atoms with E-state index in [0.717, 1.165) is 0 Å². The van der Waals surface area contributed by atoms with Gasteiger partial charge in [-0.2, -0.15) is 23.5 Å². The first-order valence-electron chi connectivity index (χ1n) is 8.49. The van der Waals surface area contributed by atoms with Gasteiger partial charge in [0.25, 0.3) is 10.0 Å². The van der Waals surface area contributed by atoms with E-state index in [-0.39, 0.29) is 15.6 Å². The van der Waals surface area contributed by atoms with Crippen LogP contribution in [0.4, 0.5) is 0 Å². The zero-order valence-corrected chi connectivity index (χ0v) is 19.1. The SMILES string of the molecule is COc1cc(OC)nc(SC(/C=N/NS(=O)(=O)c2cccc(Cl)c2)C(C)(C)C)n1. The monoisotopic (exact) mass is 458 g/mol. The number of hydrazone groups is 1. The van der Waals surface area contributed by atoms with Gasteiger partial charge in [0.2, 0.25) is 11.8 Å². The van der Waals surface area contributed by atoms with Crippen LogP contribution in [-0.2, 0) is 10.0 Å². The van der Waals surface area contributed by atoms with E-state index in [0.29, 0.717) is 21.9 Å². The van der Waals surface area contributed by atoms with Crippen molar-refractivity contribution in [3.05, 3.63) is 35.4 Å². The first-order chi connectivity index (χ1) is 13.5. The van der Waals surface area contributed by atoms with Gasteiger partial charge in [-0.25, -0.2) is 4.83 Å². The maximum atomic E-state index is 12.4. The third-order valence-corrected chi connectivity index (χ3v) is 6.58. The summed E-state index contributed by atoms with van der Waals surface area (Å²) in [7, 11) is -0.824. The lowest BCUT2D eigenvalue weighted by atomic mass is 9.92.